The quantitative estimate of drug-likeness (QED) is 0.474. The van der Waals surface area contributed by atoms with Gasteiger partial charge in [0.1, 0.15) is 6.07 Å². The highest BCUT2D eigenvalue weighted by atomic mass is 79.9. The summed E-state index contributed by atoms with van der Waals surface area (Å²) in [5, 5.41) is 9.81. The SMILES string of the molecule is CCOC(=O)c1ccccc1-c1cc(Cl)c(C#N)c(-c2ccc(Br)cc2)n1. The van der Waals surface area contributed by atoms with Crippen LogP contribution in [0.5, 0.6) is 0 Å². The molecule has 134 valence electrons. The number of nitriles is 1. The van der Waals surface area contributed by atoms with Gasteiger partial charge in [-0.05, 0) is 31.2 Å². The molecular formula is C21H14BrClN2O2. The van der Waals surface area contributed by atoms with Gasteiger partial charge in [-0.15, -0.1) is 0 Å². The summed E-state index contributed by atoms with van der Waals surface area (Å²) in [5.74, 6) is -0.430. The number of halogens is 2. The van der Waals surface area contributed by atoms with Gasteiger partial charge in [0.05, 0.1) is 34.1 Å². The number of hydrogen-bond donors (Lipinski definition) is 0. The molecule has 0 fully saturated rings. The third-order valence-electron chi connectivity index (χ3n) is 3.90. The number of carbonyl (C=O) groups excluding carboxylic acids is 1. The smallest absolute Gasteiger partial charge is 0.338 e. The molecule has 1 heterocycles. The fourth-order valence-electron chi connectivity index (χ4n) is 2.67. The van der Waals surface area contributed by atoms with Gasteiger partial charge in [-0.3, -0.25) is 0 Å². The molecule has 0 atom stereocenters. The van der Waals surface area contributed by atoms with Gasteiger partial charge in [-0.1, -0.05) is 57.9 Å². The first-order valence-electron chi connectivity index (χ1n) is 8.18. The van der Waals surface area contributed by atoms with E-state index in [1.165, 1.54) is 0 Å². The number of aromatic nitrogens is 1. The molecule has 0 saturated heterocycles. The molecule has 0 radical (unpaired) electrons. The number of pyridine rings is 1. The van der Waals surface area contributed by atoms with E-state index < -0.39 is 5.97 Å². The Morgan fingerprint density at radius 3 is 2.59 bits per heavy atom. The van der Waals surface area contributed by atoms with Crippen molar-refractivity contribution in [1.82, 2.24) is 4.98 Å². The molecule has 0 saturated carbocycles. The van der Waals surface area contributed by atoms with Crippen molar-refractivity contribution in [2.24, 2.45) is 0 Å². The molecule has 27 heavy (non-hydrogen) atoms. The lowest BCUT2D eigenvalue weighted by atomic mass is 10.0. The lowest BCUT2D eigenvalue weighted by molar-refractivity contribution is 0.0527. The minimum Gasteiger partial charge on any atom is -0.462 e. The average molecular weight is 442 g/mol. The Labute approximate surface area is 170 Å². The van der Waals surface area contributed by atoms with E-state index in [9.17, 15) is 10.1 Å². The van der Waals surface area contributed by atoms with Crippen LogP contribution in [0.4, 0.5) is 0 Å². The number of hydrogen-bond acceptors (Lipinski definition) is 4. The highest BCUT2D eigenvalue weighted by Crippen LogP contribution is 2.33. The molecule has 0 aliphatic rings. The molecule has 0 aliphatic heterocycles. The molecule has 0 aliphatic carbocycles. The first kappa shape index (κ1) is 19.1. The Morgan fingerprint density at radius 1 is 1.22 bits per heavy atom. The van der Waals surface area contributed by atoms with Crippen LogP contribution in [0.25, 0.3) is 22.5 Å². The standard InChI is InChI=1S/C21H14BrClN2O2/c1-2-27-21(26)16-6-4-3-5-15(16)19-11-18(23)17(12-24)20(25-19)13-7-9-14(22)10-8-13/h3-11H,2H2,1H3. The maximum absolute atomic E-state index is 12.3. The zero-order valence-corrected chi connectivity index (χ0v) is 16.7. The van der Waals surface area contributed by atoms with Crippen LogP contribution in [-0.4, -0.2) is 17.6 Å². The molecule has 3 rings (SSSR count). The predicted octanol–water partition coefficient (Wildman–Crippen LogP) is 5.88. The highest BCUT2D eigenvalue weighted by Gasteiger charge is 2.18. The van der Waals surface area contributed by atoms with Crippen molar-refractivity contribution in [3.63, 3.8) is 0 Å². The highest BCUT2D eigenvalue weighted by molar-refractivity contribution is 9.10. The normalized spacial score (nSPS) is 10.3. The summed E-state index contributed by atoms with van der Waals surface area (Å²) in [6.45, 7) is 2.03. The van der Waals surface area contributed by atoms with Crippen LogP contribution in [-0.2, 0) is 4.74 Å². The number of carbonyl (C=O) groups is 1. The summed E-state index contributed by atoms with van der Waals surface area (Å²) in [6, 6.07) is 18.2. The minimum absolute atomic E-state index is 0.277. The molecular weight excluding hydrogens is 428 g/mol. The lowest BCUT2D eigenvalue weighted by Crippen LogP contribution is -2.07. The maximum Gasteiger partial charge on any atom is 0.338 e. The summed E-state index contributed by atoms with van der Waals surface area (Å²) < 4.78 is 6.05. The van der Waals surface area contributed by atoms with E-state index in [0.29, 0.717) is 22.5 Å². The molecule has 6 heteroatoms. The van der Waals surface area contributed by atoms with Crippen LogP contribution >= 0.6 is 27.5 Å². The van der Waals surface area contributed by atoms with Crippen molar-refractivity contribution in [2.45, 2.75) is 6.92 Å². The number of ether oxygens (including phenoxy) is 1. The first-order valence-corrected chi connectivity index (χ1v) is 9.35. The molecule has 3 aromatic rings. The number of rotatable bonds is 4. The fourth-order valence-corrected chi connectivity index (χ4v) is 3.17. The van der Waals surface area contributed by atoms with Crippen LogP contribution in [0.15, 0.2) is 59.1 Å². The first-order chi connectivity index (χ1) is 13.0. The molecule has 4 nitrogen and oxygen atoms in total. The maximum atomic E-state index is 12.3. The predicted molar refractivity (Wildman–Crippen MR) is 108 cm³/mol. The second-order valence-electron chi connectivity index (χ2n) is 5.60. The summed E-state index contributed by atoms with van der Waals surface area (Å²) in [5.41, 5.74) is 3.00. The van der Waals surface area contributed by atoms with Crippen molar-refractivity contribution in [3.05, 3.63) is 75.2 Å². The van der Waals surface area contributed by atoms with Crippen LogP contribution in [0.2, 0.25) is 5.02 Å². The van der Waals surface area contributed by atoms with Gasteiger partial charge in [-0.2, -0.15) is 5.26 Å². The Hall–Kier alpha value is -2.68. The van der Waals surface area contributed by atoms with E-state index in [2.05, 4.69) is 27.0 Å². The second-order valence-corrected chi connectivity index (χ2v) is 6.92. The molecule has 0 bridgehead atoms. The minimum atomic E-state index is -0.430. The van der Waals surface area contributed by atoms with Crippen LogP contribution in [0.3, 0.4) is 0 Å². The van der Waals surface area contributed by atoms with Crippen molar-refractivity contribution >= 4 is 33.5 Å². The monoisotopic (exact) mass is 440 g/mol. The largest absolute Gasteiger partial charge is 0.462 e. The van der Waals surface area contributed by atoms with Crippen LogP contribution < -0.4 is 0 Å². The second kappa shape index (κ2) is 8.34. The molecule has 0 spiro atoms. The summed E-state index contributed by atoms with van der Waals surface area (Å²) in [7, 11) is 0. The van der Waals surface area contributed by atoms with E-state index in [-0.39, 0.29) is 17.2 Å². The van der Waals surface area contributed by atoms with Gasteiger partial charge < -0.3 is 4.74 Å². The van der Waals surface area contributed by atoms with E-state index >= 15 is 0 Å². The van der Waals surface area contributed by atoms with E-state index in [4.69, 9.17) is 16.3 Å². The fraction of sp³-hybridized carbons (Fsp3) is 0.0952. The third-order valence-corrected chi connectivity index (χ3v) is 4.73. The molecule has 0 amide bonds. The number of benzene rings is 2. The van der Waals surface area contributed by atoms with Gasteiger partial charge in [0.15, 0.2) is 0 Å². The number of esters is 1. The average Bonchev–Trinajstić information content (AvgIpc) is 2.68. The number of nitrogens with zero attached hydrogens (tertiary/aromatic N) is 2. The van der Waals surface area contributed by atoms with Crippen molar-refractivity contribution in [1.29, 1.82) is 5.26 Å². The van der Waals surface area contributed by atoms with Gasteiger partial charge in [0.2, 0.25) is 0 Å². The Bertz CT molecular complexity index is 1040. The molecule has 0 unspecified atom stereocenters. The summed E-state index contributed by atoms with van der Waals surface area (Å²) in [4.78, 5) is 16.9. The van der Waals surface area contributed by atoms with Crippen molar-refractivity contribution in [2.75, 3.05) is 6.61 Å². The van der Waals surface area contributed by atoms with Gasteiger partial charge in [-0.25, -0.2) is 9.78 Å². The lowest BCUT2D eigenvalue weighted by Gasteiger charge is -2.12. The van der Waals surface area contributed by atoms with Gasteiger partial charge in [0.25, 0.3) is 0 Å². The Balaban J connectivity index is 2.21. The van der Waals surface area contributed by atoms with E-state index in [0.717, 1.165) is 10.0 Å². The summed E-state index contributed by atoms with van der Waals surface area (Å²) >= 11 is 9.77. The molecule has 0 N–H and O–H groups in total. The Morgan fingerprint density at radius 2 is 1.93 bits per heavy atom. The third kappa shape index (κ3) is 4.02. The van der Waals surface area contributed by atoms with Gasteiger partial charge >= 0.3 is 5.97 Å². The van der Waals surface area contributed by atoms with Crippen molar-refractivity contribution < 1.29 is 9.53 Å². The topological polar surface area (TPSA) is 63.0 Å². The van der Waals surface area contributed by atoms with Crippen LogP contribution in [0, 0.1) is 11.3 Å². The zero-order chi connectivity index (χ0) is 19.4. The summed E-state index contributed by atoms with van der Waals surface area (Å²) in [6.07, 6.45) is 0. The van der Waals surface area contributed by atoms with Crippen LogP contribution in [0.1, 0.15) is 22.8 Å². The van der Waals surface area contributed by atoms with E-state index in [1.807, 2.05) is 30.3 Å². The molecule has 1 aromatic heterocycles. The zero-order valence-electron chi connectivity index (χ0n) is 14.4. The molecule has 2 aromatic carbocycles. The van der Waals surface area contributed by atoms with E-state index in [1.54, 1.807) is 31.2 Å². The van der Waals surface area contributed by atoms with Crippen molar-refractivity contribution in [3.8, 4) is 28.6 Å². The van der Waals surface area contributed by atoms with Gasteiger partial charge in [0, 0.05) is 15.6 Å². The Kier molecular flexibility index (Phi) is 5.90.